The first kappa shape index (κ1) is 53.3. The lowest BCUT2D eigenvalue weighted by Crippen LogP contribution is -2.30. The Morgan fingerprint density at radius 2 is 0.754 bits per heavy atom. The van der Waals surface area contributed by atoms with Crippen molar-refractivity contribution in [3.8, 4) is 0 Å². The van der Waals surface area contributed by atoms with Gasteiger partial charge in [0.15, 0.2) is 6.10 Å². The highest BCUT2D eigenvalue weighted by Crippen LogP contribution is 2.13. The van der Waals surface area contributed by atoms with Crippen LogP contribution >= 0.6 is 0 Å². The van der Waals surface area contributed by atoms with Gasteiger partial charge in [-0.3, -0.25) is 14.4 Å². The first-order chi connectivity index (χ1) is 28.0. The molecule has 0 heterocycles. The molecule has 0 bridgehead atoms. The maximum absolute atomic E-state index is 12.7. The Balaban J connectivity index is 4.57. The van der Waals surface area contributed by atoms with Gasteiger partial charge in [0.1, 0.15) is 13.2 Å². The van der Waals surface area contributed by atoms with E-state index in [0.29, 0.717) is 12.8 Å². The summed E-state index contributed by atoms with van der Waals surface area (Å²) in [6.45, 7) is 6.26. The van der Waals surface area contributed by atoms with Crippen molar-refractivity contribution in [2.24, 2.45) is 0 Å². The van der Waals surface area contributed by atoms with Crippen LogP contribution in [0.4, 0.5) is 0 Å². The minimum Gasteiger partial charge on any atom is -0.462 e. The van der Waals surface area contributed by atoms with Gasteiger partial charge in [0.05, 0.1) is 6.42 Å². The second-order valence-electron chi connectivity index (χ2n) is 14.6. The largest absolute Gasteiger partial charge is 0.462 e. The summed E-state index contributed by atoms with van der Waals surface area (Å²) in [6.07, 6.45) is 58.4. The van der Waals surface area contributed by atoms with Crippen molar-refractivity contribution < 1.29 is 28.6 Å². The van der Waals surface area contributed by atoms with Crippen molar-refractivity contribution in [1.82, 2.24) is 0 Å². The van der Waals surface area contributed by atoms with E-state index in [1.165, 1.54) is 51.4 Å². The number of rotatable bonds is 39. The molecule has 0 aromatic rings. The highest BCUT2D eigenvalue weighted by atomic mass is 16.6. The minimum atomic E-state index is -0.829. The fourth-order valence-corrected chi connectivity index (χ4v) is 5.76. The van der Waals surface area contributed by atoms with Crippen LogP contribution in [0.1, 0.15) is 188 Å². The Kier molecular flexibility index (Phi) is 42.1. The number of carbonyl (C=O) groups is 3. The molecule has 0 saturated carbocycles. The monoisotopic (exact) mass is 791 g/mol. The van der Waals surface area contributed by atoms with Crippen LogP contribution in [0.25, 0.3) is 0 Å². The van der Waals surface area contributed by atoms with Gasteiger partial charge in [-0.2, -0.15) is 0 Å². The normalized spacial score (nSPS) is 13.0. The molecule has 0 aromatic carbocycles. The third-order valence-electron chi connectivity index (χ3n) is 9.12. The summed E-state index contributed by atoms with van der Waals surface area (Å²) in [7, 11) is 0. The van der Waals surface area contributed by atoms with E-state index in [1.54, 1.807) is 6.08 Å². The number of ether oxygens (including phenoxy) is 3. The van der Waals surface area contributed by atoms with Crippen LogP contribution in [-0.2, 0) is 28.6 Å². The van der Waals surface area contributed by atoms with Gasteiger partial charge in [-0.05, 0) is 77.0 Å². The summed E-state index contributed by atoms with van der Waals surface area (Å²) in [5, 5.41) is 0. The smallest absolute Gasteiger partial charge is 0.309 e. The van der Waals surface area contributed by atoms with E-state index in [0.717, 1.165) is 89.9 Å². The molecule has 0 aliphatic rings. The summed E-state index contributed by atoms with van der Waals surface area (Å²) in [6, 6.07) is 0. The fourth-order valence-electron chi connectivity index (χ4n) is 5.76. The van der Waals surface area contributed by atoms with Crippen LogP contribution in [0.3, 0.4) is 0 Å². The van der Waals surface area contributed by atoms with Gasteiger partial charge in [-0.15, -0.1) is 0 Å². The second kappa shape index (κ2) is 45.0. The predicted octanol–water partition coefficient (Wildman–Crippen LogP) is 14.6. The van der Waals surface area contributed by atoms with E-state index in [9.17, 15) is 14.4 Å². The van der Waals surface area contributed by atoms with Crippen LogP contribution in [0.5, 0.6) is 0 Å². The minimum absolute atomic E-state index is 0.119. The number of hydrogen-bond donors (Lipinski definition) is 0. The third-order valence-corrected chi connectivity index (χ3v) is 9.12. The lowest BCUT2D eigenvalue weighted by Gasteiger charge is -2.18. The molecule has 0 aromatic heterocycles. The Morgan fingerprint density at radius 1 is 0.386 bits per heavy atom. The lowest BCUT2D eigenvalue weighted by atomic mass is 10.1. The molecule has 0 fully saturated rings. The Morgan fingerprint density at radius 3 is 1.23 bits per heavy atom. The zero-order valence-corrected chi connectivity index (χ0v) is 36.6. The number of unbranched alkanes of at least 4 members (excludes halogenated alkanes) is 13. The summed E-state index contributed by atoms with van der Waals surface area (Å²) in [5.41, 5.74) is 0. The zero-order chi connectivity index (χ0) is 41.5. The quantitative estimate of drug-likeness (QED) is 0.0267. The van der Waals surface area contributed by atoms with Gasteiger partial charge in [0.25, 0.3) is 0 Å². The van der Waals surface area contributed by atoms with E-state index >= 15 is 0 Å². The summed E-state index contributed by atoms with van der Waals surface area (Å²) in [4.78, 5) is 37.7. The molecule has 0 aliphatic carbocycles. The van der Waals surface area contributed by atoms with Crippen LogP contribution in [0.2, 0.25) is 0 Å². The van der Waals surface area contributed by atoms with Gasteiger partial charge >= 0.3 is 17.9 Å². The molecule has 0 rings (SSSR count). The lowest BCUT2D eigenvalue weighted by molar-refractivity contribution is -0.166. The van der Waals surface area contributed by atoms with E-state index in [2.05, 4.69) is 106 Å². The van der Waals surface area contributed by atoms with Crippen LogP contribution in [0.15, 0.2) is 97.2 Å². The molecule has 0 N–H and O–H groups in total. The molecule has 1 unspecified atom stereocenters. The maximum atomic E-state index is 12.7. The van der Waals surface area contributed by atoms with Crippen molar-refractivity contribution in [2.75, 3.05) is 13.2 Å². The van der Waals surface area contributed by atoms with Gasteiger partial charge in [-0.1, -0.05) is 189 Å². The van der Waals surface area contributed by atoms with Crippen LogP contribution in [0, 0.1) is 0 Å². The van der Waals surface area contributed by atoms with Crippen molar-refractivity contribution in [1.29, 1.82) is 0 Å². The molecule has 6 heteroatoms. The van der Waals surface area contributed by atoms with E-state index in [4.69, 9.17) is 14.2 Å². The molecule has 0 radical (unpaired) electrons. The molecular formula is C51H82O6. The Hall–Kier alpha value is -3.67. The topological polar surface area (TPSA) is 78.9 Å². The van der Waals surface area contributed by atoms with Crippen LogP contribution in [-0.4, -0.2) is 37.2 Å². The molecule has 6 nitrogen and oxygen atoms in total. The fraction of sp³-hybridized carbons (Fsp3) is 0.627. The Bertz CT molecular complexity index is 1180. The summed E-state index contributed by atoms with van der Waals surface area (Å²) in [5.74, 6) is -1.09. The highest BCUT2D eigenvalue weighted by Gasteiger charge is 2.19. The first-order valence-corrected chi connectivity index (χ1v) is 22.7. The molecule has 57 heavy (non-hydrogen) atoms. The zero-order valence-electron chi connectivity index (χ0n) is 36.6. The Labute approximate surface area is 349 Å². The van der Waals surface area contributed by atoms with Gasteiger partial charge in [-0.25, -0.2) is 0 Å². The van der Waals surface area contributed by atoms with Gasteiger partial charge < -0.3 is 14.2 Å². The summed E-state index contributed by atoms with van der Waals surface area (Å²) < 4.78 is 16.6. The highest BCUT2D eigenvalue weighted by molar-refractivity contribution is 5.72. The number of esters is 3. The van der Waals surface area contributed by atoms with Gasteiger partial charge in [0, 0.05) is 12.8 Å². The van der Waals surface area contributed by atoms with E-state index < -0.39 is 12.1 Å². The van der Waals surface area contributed by atoms with Crippen molar-refractivity contribution in [3.63, 3.8) is 0 Å². The molecule has 0 aliphatic heterocycles. The standard InChI is InChI=1S/C51H82O6/c1-4-7-10-13-16-19-22-24-25-27-29-32-35-38-41-44-50(53)56-47-48(46-55-49(52)43-40-37-34-31-28-21-18-15-12-9-6-3)57-51(54)45-42-39-36-33-30-26-23-20-17-14-11-8-5-2/h7-8,10-11,16-17,19-20,24-26,29-30,32,38,41,48H,4-6,9,12-15,18,21-23,27-28,31,33-37,39-40,42-47H2,1-3H3/b10-7-,11-8-,19-16-,20-17-,25-24-,30-26-,32-29-,41-38-. The SMILES string of the molecule is CC/C=C\C/C=C\C/C=C\C/C=C\C/C=C\CC(=O)OCC(COC(=O)CCCCCCCCCCCCC)OC(=O)CCCCC/C=C\C/C=C\C/C=C\CC. The second-order valence-corrected chi connectivity index (χ2v) is 14.6. The molecule has 0 spiro atoms. The molecular weight excluding hydrogens is 709 g/mol. The molecule has 0 saturated heterocycles. The average Bonchev–Trinajstić information content (AvgIpc) is 3.21. The van der Waals surface area contributed by atoms with Crippen LogP contribution < -0.4 is 0 Å². The van der Waals surface area contributed by atoms with E-state index in [1.807, 2.05) is 6.08 Å². The average molecular weight is 791 g/mol. The maximum Gasteiger partial charge on any atom is 0.309 e. The first-order valence-electron chi connectivity index (χ1n) is 22.7. The van der Waals surface area contributed by atoms with Crippen molar-refractivity contribution in [3.05, 3.63) is 97.2 Å². The van der Waals surface area contributed by atoms with E-state index in [-0.39, 0.29) is 38.0 Å². The molecule has 322 valence electrons. The predicted molar refractivity (Wildman–Crippen MR) is 242 cm³/mol. The molecule has 0 amide bonds. The third kappa shape index (κ3) is 43.3. The van der Waals surface area contributed by atoms with Gasteiger partial charge in [0.2, 0.25) is 0 Å². The van der Waals surface area contributed by atoms with Crippen molar-refractivity contribution >= 4 is 17.9 Å². The number of hydrogen-bond acceptors (Lipinski definition) is 6. The molecule has 1 atom stereocenters. The number of carbonyl (C=O) groups excluding carboxylic acids is 3. The number of allylic oxidation sites excluding steroid dienone is 15. The van der Waals surface area contributed by atoms with Crippen molar-refractivity contribution in [2.45, 2.75) is 194 Å². The summed E-state index contributed by atoms with van der Waals surface area (Å²) >= 11 is 0.